The second-order valence-electron chi connectivity index (χ2n) is 2.83. The van der Waals surface area contributed by atoms with Crippen LogP contribution in [-0.2, 0) is 0 Å². The number of aliphatic hydroxyl groups excluding tert-OH is 1. The van der Waals surface area contributed by atoms with Crippen molar-refractivity contribution >= 4 is 0 Å². The Morgan fingerprint density at radius 3 is 2.62 bits per heavy atom. The fraction of sp³-hybridized carbons (Fsp3) is 0.167. The lowest BCUT2D eigenvalue weighted by molar-refractivity contribution is 0.181. The number of hydrogen-bond donors (Lipinski definition) is 1. The van der Waals surface area contributed by atoms with Crippen LogP contribution in [0.5, 0.6) is 0 Å². The summed E-state index contributed by atoms with van der Waals surface area (Å²) in [5.74, 6) is 0. The third kappa shape index (κ3) is 3.26. The Bertz CT molecular complexity index is 274. The van der Waals surface area contributed by atoms with E-state index in [1.54, 1.807) is 6.08 Å². The van der Waals surface area contributed by atoms with Gasteiger partial charge in [-0.2, -0.15) is 0 Å². The molecular formula is C12H14O. The first kappa shape index (κ1) is 9.75. The number of hydrogen-bond acceptors (Lipinski definition) is 1. The van der Waals surface area contributed by atoms with Crippen molar-refractivity contribution < 1.29 is 5.11 Å². The monoisotopic (exact) mass is 174 g/mol. The zero-order valence-corrected chi connectivity index (χ0v) is 7.56. The molecular weight excluding hydrogens is 160 g/mol. The van der Waals surface area contributed by atoms with E-state index in [0.29, 0.717) is 6.42 Å². The van der Waals surface area contributed by atoms with Gasteiger partial charge in [0.25, 0.3) is 0 Å². The van der Waals surface area contributed by atoms with Crippen LogP contribution >= 0.6 is 0 Å². The Morgan fingerprint density at radius 1 is 1.31 bits per heavy atom. The molecule has 68 valence electrons. The molecule has 0 aliphatic carbocycles. The molecule has 1 atom stereocenters. The van der Waals surface area contributed by atoms with Gasteiger partial charge in [0.2, 0.25) is 0 Å². The van der Waals surface area contributed by atoms with Gasteiger partial charge in [-0.15, -0.1) is 0 Å². The SMILES string of the molecule is C=CC=CCC(O)c1ccccc1. The van der Waals surface area contributed by atoms with Gasteiger partial charge in [0.05, 0.1) is 6.10 Å². The first-order valence-electron chi connectivity index (χ1n) is 4.35. The average Bonchev–Trinajstić information content (AvgIpc) is 2.19. The highest BCUT2D eigenvalue weighted by atomic mass is 16.3. The van der Waals surface area contributed by atoms with Gasteiger partial charge in [-0.3, -0.25) is 0 Å². The van der Waals surface area contributed by atoms with Crippen molar-refractivity contribution in [2.24, 2.45) is 0 Å². The largest absolute Gasteiger partial charge is 0.388 e. The van der Waals surface area contributed by atoms with Crippen LogP contribution in [0, 0.1) is 0 Å². The van der Waals surface area contributed by atoms with Gasteiger partial charge in [0.15, 0.2) is 0 Å². The van der Waals surface area contributed by atoms with E-state index < -0.39 is 6.10 Å². The second kappa shape index (κ2) is 5.33. The summed E-state index contributed by atoms with van der Waals surface area (Å²) in [5.41, 5.74) is 0.955. The molecule has 1 heteroatoms. The molecule has 1 rings (SSSR count). The summed E-state index contributed by atoms with van der Waals surface area (Å²) in [6.07, 6.45) is 5.68. The van der Waals surface area contributed by atoms with Gasteiger partial charge >= 0.3 is 0 Å². The fourth-order valence-electron chi connectivity index (χ4n) is 1.11. The maximum Gasteiger partial charge on any atom is 0.0824 e. The molecule has 0 fully saturated rings. The van der Waals surface area contributed by atoms with E-state index in [1.807, 2.05) is 42.5 Å². The minimum atomic E-state index is -0.405. The van der Waals surface area contributed by atoms with Crippen molar-refractivity contribution in [1.29, 1.82) is 0 Å². The molecule has 0 radical (unpaired) electrons. The van der Waals surface area contributed by atoms with Crippen LogP contribution in [0.1, 0.15) is 18.1 Å². The fourth-order valence-corrected chi connectivity index (χ4v) is 1.11. The molecule has 1 N–H and O–H groups in total. The molecule has 1 nitrogen and oxygen atoms in total. The first-order chi connectivity index (χ1) is 6.34. The molecule has 0 saturated carbocycles. The van der Waals surface area contributed by atoms with Crippen molar-refractivity contribution in [2.45, 2.75) is 12.5 Å². The number of rotatable bonds is 4. The van der Waals surface area contributed by atoms with Gasteiger partial charge in [0, 0.05) is 0 Å². The highest BCUT2D eigenvalue weighted by Gasteiger charge is 2.02. The van der Waals surface area contributed by atoms with Crippen molar-refractivity contribution in [3.8, 4) is 0 Å². The normalized spacial score (nSPS) is 13.0. The molecule has 13 heavy (non-hydrogen) atoms. The van der Waals surface area contributed by atoms with E-state index in [2.05, 4.69) is 6.58 Å². The Morgan fingerprint density at radius 2 is 2.00 bits per heavy atom. The Hall–Kier alpha value is -1.34. The summed E-state index contributed by atoms with van der Waals surface area (Å²) >= 11 is 0. The van der Waals surface area contributed by atoms with Crippen LogP contribution in [0.25, 0.3) is 0 Å². The highest BCUT2D eigenvalue weighted by molar-refractivity contribution is 5.18. The van der Waals surface area contributed by atoms with Crippen LogP contribution in [0.3, 0.4) is 0 Å². The standard InChI is InChI=1S/C12H14O/c1-2-3-5-10-12(13)11-8-6-4-7-9-11/h2-9,12-13H,1,10H2. The molecule has 1 unspecified atom stereocenters. The predicted molar refractivity (Wildman–Crippen MR) is 55.4 cm³/mol. The zero-order chi connectivity index (χ0) is 9.52. The summed E-state index contributed by atoms with van der Waals surface area (Å²) in [7, 11) is 0. The molecule has 0 aliphatic heterocycles. The van der Waals surface area contributed by atoms with Crippen LogP contribution in [-0.4, -0.2) is 5.11 Å². The molecule has 0 heterocycles. The van der Waals surface area contributed by atoms with Gasteiger partial charge < -0.3 is 5.11 Å². The lowest BCUT2D eigenvalue weighted by atomic mass is 10.1. The molecule has 0 saturated heterocycles. The summed E-state index contributed by atoms with van der Waals surface area (Å²) < 4.78 is 0. The van der Waals surface area contributed by atoms with Crippen LogP contribution < -0.4 is 0 Å². The van der Waals surface area contributed by atoms with Crippen LogP contribution in [0.15, 0.2) is 55.1 Å². The number of allylic oxidation sites excluding steroid dienone is 2. The van der Waals surface area contributed by atoms with Crippen molar-refractivity contribution in [3.05, 3.63) is 60.7 Å². The molecule has 0 aromatic heterocycles. The molecule has 1 aromatic carbocycles. The van der Waals surface area contributed by atoms with Crippen molar-refractivity contribution in [3.63, 3.8) is 0 Å². The summed E-state index contributed by atoms with van der Waals surface area (Å²) in [6, 6.07) is 9.64. The maximum absolute atomic E-state index is 9.66. The Balaban J connectivity index is 2.53. The smallest absolute Gasteiger partial charge is 0.0824 e. The molecule has 0 spiro atoms. The second-order valence-corrected chi connectivity index (χ2v) is 2.83. The molecule has 1 aromatic rings. The molecule has 0 aliphatic rings. The van der Waals surface area contributed by atoms with Gasteiger partial charge in [0.1, 0.15) is 0 Å². The van der Waals surface area contributed by atoms with Crippen LogP contribution in [0.4, 0.5) is 0 Å². The summed E-state index contributed by atoms with van der Waals surface area (Å²) in [4.78, 5) is 0. The average molecular weight is 174 g/mol. The molecule has 0 bridgehead atoms. The van der Waals surface area contributed by atoms with Gasteiger partial charge in [-0.05, 0) is 12.0 Å². The van der Waals surface area contributed by atoms with E-state index in [0.717, 1.165) is 5.56 Å². The lowest BCUT2D eigenvalue weighted by Gasteiger charge is -2.06. The van der Waals surface area contributed by atoms with E-state index >= 15 is 0 Å². The number of aliphatic hydroxyl groups is 1. The topological polar surface area (TPSA) is 20.2 Å². The maximum atomic E-state index is 9.66. The van der Waals surface area contributed by atoms with Crippen molar-refractivity contribution in [2.75, 3.05) is 0 Å². The van der Waals surface area contributed by atoms with Crippen LogP contribution in [0.2, 0.25) is 0 Å². The van der Waals surface area contributed by atoms with E-state index in [1.165, 1.54) is 0 Å². The quantitative estimate of drug-likeness (QED) is 0.696. The third-order valence-electron chi connectivity index (χ3n) is 1.82. The minimum absolute atomic E-state index is 0.405. The highest BCUT2D eigenvalue weighted by Crippen LogP contribution is 2.15. The van der Waals surface area contributed by atoms with Gasteiger partial charge in [-0.25, -0.2) is 0 Å². The van der Waals surface area contributed by atoms with Crippen molar-refractivity contribution in [1.82, 2.24) is 0 Å². The van der Waals surface area contributed by atoms with E-state index in [4.69, 9.17) is 0 Å². The minimum Gasteiger partial charge on any atom is -0.388 e. The molecule has 0 amide bonds. The zero-order valence-electron chi connectivity index (χ0n) is 7.56. The lowest BCUT2D eigenvalue weighted by Crippen LogP contribution is -1.94. The predicted octanol–water partition coefficient (Wildman–Crippen LogP) is 2.85. The Kier molecular flexibility index (Phi) is 4.00. The van der Waals surface area contributed by atoms with E-state index in [9.17, 15) is 5.11 Å². The summed E-state index contributed by atoms with van der Waals surface area (Å²) in [5, 5.41) is 9.66. The number of benzene rings is 1. The van der Waals surface area contributed by atoms with Gasteiger partial charge in [-0.1, -0.05) is 55.1 Å². The summed E-state index contributed by atoms with van der Waals surface area (Å²) in [6.45, 7) is 3.56. The first-order valence-corrected chi connectivity index (χ1v) is 4.35. The Labute approximate surface area is 79.0 Å². The van der Waals surface area contributed by atoms with E-state index in [-0.39, 0.29) is 0 Å². The third-order valence-corrected chi connectivity index (χ3v) is 1.82.